The summed E-state index contributed by atoms with van der Waals surface area (Å²) in [5.41, 5.74) is 8.77. The first-order valence-electron chi connectivity index (χ1n) is 5.49. The lowest BCUT2D eigenvalue weighted by molar-refractivity contribution is -0.124. The Kier molecular flexibility index (Phi) is 3.43. The molecule has 100 valence electrons. The van der Waals surface area contributed by atoms with E-state index in [-0.39, 0.29) is 6.61 Å². The van der Waals surface area contributed by atoms with Crippen LogP contribution >= 0.6 is 0 Å². The number of hydrogen-bond acceptors (Lipinski definition) is 5. The van der Waals surface area contributed by atoms with E-state index in [1.54, 1.807) is 17.8 Å². The first-order valence-corrected chi connectivity index (χ1v) is 5.49. The maximum absolute atomic E-state index is 11.7. The Balaban J connectivity index is 2.18. The van der Waals surface area contributed by atoms with Gasteiger partial charge in [0.1, 0.15) is 0 Å². The van der Waals surface area contributed by atoms with Gasteiger partial charge in [-0.3, -0.25) is 19.1 Å². The van der Waals surface area contributed by atoms with Gasteiger partial charge in [0.05, 0.1) is 11.3 Å². The van der Waals surface area contributed by atoms with Crippen molar-refractivity contribution >= 4 is 22.8 Å². The van der Waals surface area contributed by atoms with E-state index in [0.717, 1.165) is 11.1 Å². The van der Waals surface area contributed by atoms with Crippen molar-refractivity contribution in [2.75, 3.05) is 6.61 Å². The molecule has 19 heavy (non-hydrogen) atoms. The molecule has 2 amide bonds. The second-order valence-electron chi connectivity index (χ2n) is 3.99. The number of nitrogens with one attached hydrogen (secondary N) is 1. The fourth-order valence-corrected chi connectivity index (χ4v) is 1.66. The van der Waals surface area contributed by atoms with Gasteiger partial charge >= 0.3 is 0 Å². The highest BCUT2D eigenvalue weighted by atomic mass is 16.7. The molecule has 0 radical (unpaired) electrons. The van der Waals surface area contributed by atoms with Gasteiger partial charge < -0.3 is 5.73 Å². The van der Waals surface area contributed by atoms with E-state index >= 15 is 0 Å². The van der Waals surface area contributed by atoms with Crippen molar-refractivity contribution in [3.8, 4) is 0 Å². The molecule has 0 aliphatic heterocycles. The predicted octanol–water partition coefficient (Wildman–Crippen LogP) is -0.577. The Hall–Kier alpha value is -2.48. The minimum atomic E-state index is -0.669. The van der Waals surface area contributed by atoms with Crippen LogP contribution in [-0.2, 0) is 16.7 Å². The molecule has 0 spiro atoms. The van der Waals surface area contributed by atoms with Gasteiger partial charge in [0.2, 0.25) is 5.91 Å². The summed E-state index contributed by atoms with van der Waals surface area (Å²) in [5, 5.41) is 4.99. The number of nitrogens with zero attached hydrogens (tertiary/aromatic N) is 3. The largest absolute Gasteiger partial charge is 0.368 e. The highest BCUT2D eigenvalue weighted by Crippen LogP contribution is 2.16. The fourth-order valence-electron chi connectivity index (χ4n) is 1.66. The Morgan fingerprint density at radius 3 is 2.95 bits per heavy atom. The molecule has 2 aromatic rings. The van der Waals surface area contributed by atoms with Crippen molar-refractivity contribution in [1.82, 2.24) is 20.2 Å². The zero-order valence-corrected chi connectivity index (χ0v) is 10.5. The molecule has 0 saturated carbocycles. The normalized spacial score (nSPS) is 10.6. The summed E-state index contributed by atoms with van der Waals surface area (Å²) in [4.78, 5) is 31.0. The zero-order chi connectivity index (χ0) is 14.0. The third-order valence-corrected chi connectivity index (χ3v) is 2.50. The molecule has 0 aliphatic carbocycles. The van der Waals surface area contributed by atoms with E-state index < -0.39 is 11.8 Å². The molecular weight excluding hydrogens is 250 g/mol. The zero-order valence-electron chi connectivity index (χ0n) is 10.5. The van der Waals surface area contributed by atoms with Gasteiger partial charge in [0.15, 0.2) is 12.3 Å². The van der Waals surface area contributed by atoms with Crippen molar-refractivity contribution < 1.29 is 14.4 Å². The molecule has 2 aromatic heterocycles. The number of pyridine rings is 1. The van der Waals surface area contributed by atoms with Gasteiger partial charge in [-0.25, -0.2) is 10.5 Å². The van der Waals surface area contributed by atoms with Gasteiger partial charge in [-0.1, -0.05) is 0 Å². The Labute approximate surface area is 108 Å². The Bertz CT molecular complexity index is 649. The van der Waals surface area contributed by atoms with E-state index in [4.69, 9.17) is 5.73 Å². The molecule has 0 atom stereocenters. The number of carbonyl (C=O) groups is 2. The van der Waals surface area contributed by atoms with Gasteiger partial charge in [-0.05, 0) is 13.0 Å². The lowest BCUT2D eigenvalue weighted by Crippen LogP contribution is -2.29. The monoisotopic (exact) mass is 263 g/mol. The SMILES string of the molecule is Cc1nn(C)c2ncc(C(=O)NOCC(N)=O)cc12. The highest BCUT2D eigenvalue weighted by Gasteiger charge is 2.11. The maximum atomic E-state index is 11.7. The van der Waals surface area contributed by atoms with E-state index in [0.29, 0.717) is 11.2 Å². The van der Waals surface area contributed by atoms with Crippen molar-refractivity contribution in [2.45, 2.75) is 6.92 Å². The summed E-state index contributed by atoms with van der Waals surface area (Å²) in [6.45, 7) is 1.45. The van der Waals surface area contributed by atoms with E-state index in [2.05, 4.69) is 20.4 Å². The third kappa shape index (κ3) is 2.68. The number of fused-ring (bicyclic) bond motifs is 1. The third-order valence-electron chi connectivity index (χ3n) is 2.50. The van der Waals surface area contributed by atoms with Crippen LogP contribution in [0.4, 0.5) is 0 Å². The van der Waals surface area contributed by atoms with Crippen molar-refractivity contribution in [2.24, 2.45) is 12.8 Å². The van der Waals surface area contributed by atoms with E-state index in [1.807, 2.05) is 6.92 Å². The molecule has 0 saturated heterocycles. The molecule has 0 unspecified atom stereocenters. The first-order chi connectivity index (χ1) is 8.99. The van der Waals surface area contributed by atoms with Crippen LogP contribution in [0.25, 0.3) is 11.0 Å². The van der Waals surface area contributed by atoms with Crippen LogP contribution in [-0.4, -0.2) is 33.2 Å². The smallest absolute Gasteiger partial charge is 0.276 e. The number of hydrogen-bond donors (Lipinski definition) is 2. The minimum absolute atomic E-state index is 0.313. The van der Waals surface area contributed by atoms with Crippen LogP contribution in [0, 0.1) is 6.92 Å². The molecule has 0 aromatic carbocycles. The number of aryl methyl sites for hydroxylation is 2. The van der Waals surface area contributed by atoms with Gasteiger partial charge in [-0.2, -0.15) is 5.10 Å². The lowest BCUT2D eigenvalue weighted by atomic mass is 10.2. The van der Waals surface area contributed by atoms with Crippen LogP contribution in [0.1, 0.15) is 16.1 Å². The van der Waals surface area contributed by atoms with Crippen molar-refractivity contribution in [3.63, 3.8) is 0 Å². The average Bonchev–Trinajstić information content (AvgIpc) is 2.64. The summed E-state index contributed by atoms with van der Waals surface area (Å²) in [7, 11) is 1.78. The number of nitrogens with two attached hydrogens (primary N) is 1. The Morgan fingerprint density at radius 2 is 2.26 bits per heavy atom. The minimum Gasteiger partial charge on any atom is -0.368 e. The number of aromatic nitrogens is 3. The summed E-state index contributed by atoms with van der Waals surface area (Å²) in [5.74, 6) is -1.17. The fraction of sp³-hybridized carbons (Fsp3) is 0.273. The maximum Gasteiger partial charge on any atom is 0.276 e. The first kappa shape index (κ1) is 13.0. The molecule has 2 rings (SSSR count). The summed E-state index contributed by atoms with van der Waals surface area (Å²) >= 11 is 0. The standard InChI is InChI=1S/C11H13N5O3/c1-6-8-3-7(4-13-10(8)16(2)14-6)11(18)15-19-5-9(12)17/h3-4H,5H2,1-2H3,(H2,12,17)(H,15,18). The Morgan fingerprint density at radius 1 is 1.53 bits per heavy atom. The number of rotatable bonds is 4. The molecule has 8 heteroatoms. The van der Waals surface area contributed by atoms with Crippen LogP contribution in [0.5, 0.6) is 0 Å². The van der Waals surface area contributed by atoms with Crippen molar-refractivity contribution in [3.05, 3.63) is 23.5 Å². The van der Waals surface area contributed by atoms with E-state index in [9.17, 15) is 9.59 Å². The molecule has 2 heterocycles. The lowest BCUT2D eigenvalue weighted by Gasteiger charge is -2.04. The van der Waals surface area contributed by atoms with Crippen LogP contribution < -0.4 is 11.2 Å². The van der Waals surface area contributed by atoms with Gasteiger partial charge in [0.25, 0.3) is 5.91 Å². The second kappa shape index (κ2) is 5.02. The number of amides is 2. The molecule has 0 aliphatic rings. The second-order valence-corrected chi connectivity index (χ2v) is 3.99. The van der Waals surface area contributed by atoms with Crippen LogP contribution in [0.2, 0.25) is 0 Å². The number of primary amides is 1. The number of hydroxylamine groups is 1. The van der Waals surface area contributed by atoms with E-state index in [1.165, 1.54) is 6.20 Å². The number of carbonyl (C=O) groups excluding carboxylic acids is 2. The molecule has 8 nitrogen and oxygen atoms in total. The van der Waals surface area contributed by atoms with Crippen LogP contribution in [0.15, 0.2) is 12.3 Å². The topological polar surface area (TPSA) is 112 Å². The average molecular weight is 263 g/mol. The van der Waals surface area contributed by atoms with Crippen LogP contribution in [0.3, 0.4) is 0 Å². The quantitative estimate of drug-likeness (QED) is 0.717. The summed E-state index contributed by atoms with van der Waals surface area (Å²) < 4.78 is 1.63. The predicted molar refractivity (Wildman–Crippen MR) is 65.9 cm³/mol. The molecule has 3 N–H and O–H groups in total. The van der Waals surface area contributed by atoms with Gasteiger partial charge in [-0.15, -0.1) is 0 Å². The molecule has 0 bridgehead atoms. The molecular formula is C11H13N5O3. The highest BCUT2D eigenvalue weighted by molar-refractivity contribution is 5.96. The van der Waals surface area contributed by atoms with Gasteiger partial charge in [0, 0.05) is 18.6 Å². The summed E-state index contributed by atoms with van der Waals surface area (Å²) in [6, 6.07) is 1.66. The summed E-state index contributed by atoms with van der Waals surface area (Å²) in [6.07, 6.45) is 1.41. The van der Waals surface area contributed by atoms with Crippen molar-refractivity contribution in [1.29, 1.82) is 0 Å². The molecule has 0 fully saturated rings.